The number of aromatic nitrogens is 2. The third kappa shape index (κ3) is 2.91. The molecule has 0 spiro atoms. The average Bonchev–Trinajstić information content (AvgIpc) is 2.22. The standard InChI is InChI=1S/C11H15BrN2O/c1-8-3-2-4-9(5-8)15-11-10(12)6-13-7-14-11/h6-9H,2-5H2,1H3. The van der Waals surface area contributed by atoms with E-state index in [1.807, 2.05) is 0 Å². The van der Waals surface area contributed by atoms with Crippen LogP contribution in [0.5, 0.6) is 5.88 Å². The second kappa shape index (κ2) is 4.92. The first kappa shape index (κ1) is 10.9. The van der Waals surface area contributed by atoms with Crippen LogP contribution in [0.25, 0.3) is 0 Å². The van der Waals surface area contributed by atoms with Crippen LogP contribution in [-0.4, -0.2) is 16.1 Å². The minimum Gasteiger partial charge on any atom is -0.473 e. The highest BCUT2D eigenvalue weighted by atomic mass is 79.9. The van der Waals surface area contributed by atoms with E-state index in [-0.39, 0.29) is 0 Å². The molecule has 0 amide bonds. The van der Waals surface area contributed by atoms with E-state index in [1.165, 1.54) is 19.2 Å². The summed E-state index contributed by atoms with van der Waals surface area (Å²) in [6, 6.07) is 0. The molecule has 0 radical (unpaired) electrons. The molecule has 4 heteroatoms. The zero-order valence-electron chi connectivity index (χ0n) is 8.82. The van der Waals surface area contributed by atoms with Gasteiger partial charge in [0.2, 0.25) is 5.88 Å². The van der Waals surface area contributed by atoms with E-state index in [1.54, 1.807) is 6.20 Å². The van der Waals surface area contributed by atoms with Gasteiger partial charge in [-0.05, 0) is 41.1 Å². The molecule has 1 saturated carbocycles. The van der Waals surface area contributed by atoms with Gasteiger partial charge in [-0.2, -0.15) is 0 Å². The van der Waals surface area contributed by atoms with Crippen LogP contribution < -0.4 is 4.74 Å². The number of rotatable bonds is 2. The smallest absolute Gasteiger partial charge is 0.231 e. The summed E-state index contributed by atoms with van der Waals surface area (Å²) in [6.45, 7) is 2.28. The lowest BCUT2D eigenvalue weighted by atomic mass is 9.89. The molecule has 0 bridgehead atoms. The molecule has 1 aromatic rings. The van der Waals surface area contributed by atoms with Crippen molar-refractivity contribution in [1.82, 2.24) is 9.97 Å². The molecule has 2 unspecified atom stereocenters. The lowest BCUT2D eigenvalue weighted by molar-refractivity contribution is 0.123. The zero-order valence-corrected chi connectivity index (χ0v) is 10.4. The molecule has 1 heterocycles. The number of nitrogens with zero attached hydrogens (tertiary/aromatic N) is 2. The Bertz CT molecular complexity index is 332. The SMILES string of the molecule is CC1CCCC(Oc2ncncc2Br)C1. The van der Waals surface area contributed by atoms with E-state index >= 15 is 0 Å². The van der Waals surface area contributed by atoms with Crippen molar-refractivity contribution >= 4 is 15.9 Å². The van der Waals surface area contributed by atoms with Gasteiger partial charge >= 0.3 is 0 Å². The van der Waals surface area contributed by atoms with E-state index in [0.717, 1.165) is 23.2 Å². The van der Waals surface area contributed by atoms with Gasteiger partial charge in [0.15, 0.2) is 0 Å². The fourth-order valence-corrected chi connectivity index (χ4v) is 2.35. The quantitative estimate of drug-likeness (QED) is 0.828. The minimum atomic E-state index is 0.319. The largest absolute Gasteiger partial charge is 0.473 e. The van der Waals surface area contributed by atoms with E-state index in [4.69, 9.17) is 4.74 Å². The Morgan fingerprint density at radius 3 is 3.07 bits per heavy atom. The second-order valence-corrected chi connectivity index (χ2v) is 5.04. The molecule has 15 heavy (non-hydrogen) atoms. The van der Waals surface area contributed by atoms with Crippen molar-refractivity contribution in [1.29, 1.82) is 0 Å². The van der Waals surface area contributed by atoms with Gasteiger partial charge in [0.25, 0.3) is 0 Å². The van der Waals surface area contributed by atoms with Crippen molar-refractivity contribution in [3.63, 3.8) is 0 Å². The Balaban J connectivity index is 1.99. The van der Waals surface area contributed by atoms with Crippen LogP contribution in [-0.2, 0) is 0 Å². The van der Waals surface area contributed by atoms with E-state index in [2.05, 4.69) is 32.8 Å². The fourth-order valence-electron chi connectivity index (χ4n) is 2.03. The molecular formula is C11H15BrN2O. The lowest BCUT2D eigenvalue weighted by Crippen LogP contribution is -2.24. The average molecular weight is 271 g/mol. The summed E-state index contributed by atoms with van der Waals surface area (Å²) in [5, 5.41) is 0. The molecule has 0 aliphatic heterocycles. The van der Waals surface area contributed by atoms with Crippen LogP contribution in [0.15, 0.2) is 17.0 Å². The van der Waals surface area contributed by atoms with Crippen molar-refractivity contribution in [2.24, 2.45) is 5.92 Å². The number of halogens is 1. The van der Waals surface area contributed by atoms with E-state index in [9.17, 15) is 0 Å². The van der Waals surface area contributed by atoms with Crippen molar-refractivity contribution < 1.29 is 4.74 Å². The maximum atomic E-state index is 5.86. The molecule has 1 aliphatic rings. The topological polar surface area (TPSA) is 35.0 Å². The summed E-state index contributed by atoms with van der Waals surface area (Å²) in [5.74, 6) is 1.44. The number of hydrogen-bond donors (Lipinski definition) is 0. The van der Waals surface area contributed by atoms with Crippen molar-refractivity contribution in [2.75, 3.05) is 0 Å². The van der Waals surface area contributed by atoms with Gasteiger partial charge in [-0.25, -0.2) is 9.97 Å². The van der Waals surface area contributed by atoms with Crippen molar-refractivity contribution in [3.05, 3.63) is 17.0 Å². The zero-order chi connectivity index (χ0) is 10.7. The van der Waals surface area contributed by atoms with E-state index < -0.39 is 0 Å². The van der Waals surface area contributed by atoms with Crippen molar-refractivity contribution in [2.45, 2.75) is 38.7 Å². The predicted octanol–water partition coefficient (Wildman–Crippen LogP) is 3.20. The van der Waals surface area contributed by atoms with Crippen LogP contribution in [0.1, 0.15) is 32.6 Å². The van der Waals surface area contributed by atoms with Crippen LogP contribution in [0.4, 0.5) is 0 Å². The molecule has 0 N–H and O–H groups in total. The highest BCUT2D eigenvalue weighted by molar-refractivity contribution is 9.10. The molecule has 2 rings (SSSR count). The normalized spacial score (nSPS) is 26.3. The van der Waals surface area contributed by atoms with Gasteiger partial charge in [-0.3, -0.25) is 0 Å². The fraction of sp³-hybridized carbons (Fsp3) is 0.636. The monoisotopic (exact) mass is 270 g/mol. The molecule has 1 aliphatic carbocycles. The first-order valence-electron chi connectivity index (χ1n) is 5.38. The Morgan fingerprint density at radius 1 is 1.47 bits per heavy atom. The molecule has 82 valence electrons. The summed E-state index contributed by atoms with van der Waals surface area (Å²) >= 11 is 3.39. The molecule has 2 atom stereocenters. The maximum Gasteiger partial charge on any atom is 0.231 e. The van der Waals surface area contributed by atoms with Gasteiger partial charge in [0.05, 0.1) is 4.47 Å². The summed E-state index contributed by atoms with van der Waals surface area (Å²) in [6.07, 6.45) is 8.41. The van der Waals surface area contributed by atoms with E-state index in [0.29, 0.717) is 12.0 Å². The van der Waals surface area contributed by atoms with Crippen LogP contribution in [0.3, 0.4) is 0 Å². The summed E-state index contributed by atoms with van der Waals surface area (Å²) in [7, 11) is 0. The Kier molecular flexibility index (Phi) is 3.57. The van der Waals surface area contributed by atoms with Gasteiger partial charge in [-0.1, -0.05) is 13.3 Å². The van der Waals surface area contributed by atoms with Crippen molar-refractivity contribution in [3.8, 4) is 5.88 Å². The summed E-state index contributed by atoms with van der Waals surface area (Å²) < 4.78 is 6.69. The van der Waals surface area contributed by atoms with Gasteiger partial charge in [-0.15, -0.1) is 0 Å². The highest BCUT2D eigenvalue weighted by Crippen LogP contribution is 2.29. The lowest BCUT2D eigenvalue weighted by Gasteiger charge is -2.27. The second-order valence-electron chi connectivity index (χ2n) is 4.19. The third-order valence-electron chi connectivity index (χ3n) is 2.80. The van der Waals surface area contributed by atoms with Gasteiger partial charge in [0, 0.05) is 6.20 Å². The molecule has 1 fully saturated rings. The number of hydrogen-bond acceptors (Lipinski definition) is 3. The Hall–Kier alpha value is -0.640. The molecule has 0 aromatic carbocycles. The van der Waals surface area contributed by atoms with Crippen LogP contribution in [0.2, 0.25) is 0 Å². The first-order valence-corrected chi connectivity index (χ1v) is 6.17. The number of ether oxygens (including phenoxy) is 1. The van der Waals surface area contributed by atoms with Gasteiger partial charge in [0.1, 0.15) is 12.4 Å². The maximum absolute atomic E-state index is 5.86. The summed E-state index contributed by atoms with van der Waals surface area (Å²) in [4.78, 5) is 8.03. The predicted molar refractivity (Wildman–Crippen MR) is 61.8 cm³/mol. The Labute approximate surface area is 98.4 Å². The highest BCUT2D eigenvalue weighted by Gasteiger charge is 2.21. The molecule has 1 aromatic heterocycles. The van der Waals surface area contributed by atoms with Crippen LogP contribution in [0, 0.1) is 5.92 Å². The molecule has 3 nitrogen and oxygen atoms in total. The van der Waals surface area contributed by atoms with Crippen LogP contribution >= 0.6 is 15.9 Å². The third-order valence-corrected chi connectivity index (χ3v) is 3.34. The minimum absolute atomic E-state index is 0.319. The first-order chi connectivity index (χ1) is 7.25. The van der Waals surface area contributed by atoms with Gasteiger partial charge < -0.3 is 4.74 Å². The molecule has 0 saturated heterocycles. The summed E-state index contributed by atoms with van der Waals surface area (Å²) in [5.41, 5.74) is 0. The Morgan fingerprint density at radius 2 is 2.33 bits per heavy atom. The molecular weight excluding hydrogens is 256 g/mol.